The molecule has 0 aliphatic carbocycles. The Labute approximate surface area is 391 Å². The number of carbonyl (C=O) groups is 1. The minimum absolute atomic E-state index is 0.0255. The second-order valence-corrected chi connectivity index (χ2v) is 20.6. The second-order valence-electron chi connectivity index (χ2n) is 19.2. The van der Waals surface area contributed by atoms with E-state index in [0.717, 1.165) is 38.5 Å². The van der Waals surface area contributed by atoms with Gasteiger partial charge in [0.25, 0.3) is 7.82 Å². The molecule has 0 rings (SSSR count). The summed E-state index contributed by atoms with van der Waals surface area (Å²) in [4.78, 5) is 25.2. The molecule has 0 aromatic heterocycles. The van der Waals surface area contributed by atoms with Crippen molar-refractivity contribution in [2.75, 3.05) is 54.1 Å². The molecule has 0 radical (unpaired) electrons. The Morgan fingerprint density at radius 2 is 0.873 bits per heavy atom. The zero-order valence-corrected chi connectivity index (χ0v) is 43.2. The van der Waals surface area contributed by atoms with Crippen LogP contribution >= 0.6 is 7.82 Å². The Morgan fingerprint density at radius 1 is 0.492 bits per heavy atom. The molecule has 0 aromatic carbocycles. The van der Waals surface area contributed by atoms with Crippen molar-refractivity contribution in [1.82, 2.24) is 0 Å². The molecule has 0 bridgehead atoms. The summed E-state index contributed by atoms with van der Waals surface area (Å²) in [6.45, 7) is 5.43. The van der Waals surface area contributed by atoms with Crippen molar-refractivity contribution in [3.05, 3.63) is 36.5 Å². The number of esters is 1. The number of ether oxygens (including phenoxy) is 2. The molecule has 0 heterocycles. The molecular formula is C54H104NO7P. The van der Waals surface area contributed by atoms with Crippen LogP contribution in [-0.2, 0) is 27.9 Å². The third kappa shape index (κ3) is 51.6. The van der Waals surface area contributed by atoms with Gasteiger partial charge in [0, 0.05) is 13.0 Å². The summed E-state index contributed by atoms with van der Waals surface area (Å²) in [7, 11) is 1.36. The molecule has 0 fully saturated rings. The van der Waals surface area contributed by atoms with Crippen LogP contribution < -0.4 is 4.89 Å². The molecule has 0 spiro atoms. The van der Waals surface area contributed by atoms with E-state index in [9.17, 15) is 14.3 Å². The van der Waals surface area contributed by atoms with Crippen LogP contribution in [0.3, 0.4) is 0 Å². The van der Waals surface area contributed by atoms with Crippen molar-refractivity contribution >= 4 is 13.8 Å². The van der Waals surface area contributed by atoms with Crippen molar-refractivity contribution < 1.29 is 37.3 Å². The number of allylic oxidation sites excluding steroid dienone is 6. The van der Waals surface area contributed by atoms with Gasteiger partial charge in [-0.15, -0.1) is 0 Å². The van der Waals surface area contributed by atoms with Crippen molar-refractivity contribution in [2.45, 2.75) is 251 Å². The van der Waals surface area contributed by atoms with Gasteiger partial charge in [-0.1, -0.05) is 204 Å². The van der Waals surface area contributed by atoms with E-state index < -0.39 is 13.9 Å². The monoisotopic (exact) mass is 910 g/mol. The minimum atomic E-state index is -4.53. The molecule has 0 aromatic rings. The average molecular weight is 910 g/mol. The molecule has 0 amide bonds. The number of phosphoric ester groups is 1. The van der Waals surface area contributed by atoms with E-state index in [1.165, 1.54) is 186 Å². The molecule has 0 saturated heterocycles. The lowest BCUT2D eigenvalue weighted by molar-refractivity contribution is -0.870. The molecule has 2 atom stereocenters. The van der Waals surface area contributed by atoms with Crippen molar-refractivity contribution in [1.29, 1.82) is 0 Å². The number of nitrogens with zero attached hydrogens (tertiary/aromatic N) is 1. The Kier molecular flexibility index (Phi) is 46.3. The summed E-state index contributed by atoms with van der Waals surface area (Å²) in [5.74, 6) is -0.336. The highest BCUT2D eigenvalue weighted by atomic mass is 31.2. The van der Waals surface area contributed by atoms with E-state index in [4.69, 9.17) is 18.5 Å². The van der Waals surface area contributed by atoms with Gasteiger partial charge in [-0.05, 0) is 70.6 Å². The number of carbonyl (C=O) groups excluding carboxylic acids is 1. The van der Waals surface area contributed by atoms with E-state index in [0.29, 0.717) is 24.1 Å². The molecule has 0 aliphatic heterocycles. The molecule has 0 aliphatic rings. The molecule has 0 N–H and O–H groups in total. The first-order valence-electron chi connectivity index (χ1n) is 26.7. The minimum Gasteiger partial charge on any atom is -0.756 e. The maximum Gasteiger partial charge on any atom is 0.306 e. The first kappa shape index (κ1) is 61.7. The lowest BCUT2D eigenvalue weighted by Gasteiger charge is -2.28. The molecular weight excluding hydrogens is 806 g/mol. The first-order valence-corrected chi connectivity index (χ1v) is 28.2. The standard InChI is InChI=1S/C54H104NO7P/c1-6-8-10-12-14-16-18-20-22-24-26-28-29-31-33-35-37-39-41-43-45-47-54(56)62-53(52-61-63(57,58)60-50-48-55(3,4)5)51-59-49-46-44-42-40-38-36-34-32-30-27-25-23-21-19-17-15-13-11-9-7-2/h18,20-21,23-24,26,53H,6-17,19,22,25,27-52H2,1-5H3/b20-18-,23-21-,26-24-. The van der Waals surface area contributed by atoms with Crippen LogP contribution in [0.25, 0.3) is 0 Å². The average Bonchev–Trinajstić information content (AvgIpc) is 3.24. The van der Waals surface area contributed by atoms with Crippen molar-refractivity contribution in [3.8, 4) is 0 Å². The van der Waals surface area contributed by atoms with Crippen molar-refractivity contribution in [3.63, 3.8) is 0 Å². The fourth-order valence-corrected chi connectivity index (χ4v) is 8.24. The summed E-state index contributed by atoms with van der Waals surface area (Å²) in [5.41, 5.74) is 0. The van der Waals surface area contributed by atoms with Crippen LogP contribution in [-0.4, -0.2) is 70.7 Å². The van der Waals surface area contributed by atoms with Gasteiger partial charge < -0.3 is 27.9 Å². The first-order chi connectivity index (χ1) is 30.6. The maximum absolute atomic E-state index is 12.8. The van der Waals surface area contributed by atoms with Crippen LogP contribution in [0.1, 0.15) is 245 Å². The van der Waals surface area contributed by atoms with E-state index in [2.05, 4.69) is 50.3 Å². The van der Waals surface area contributed by atoms with E-state index in [1.54, 1.807) is 0 Å². The molecule has 9 heteroatoms. The number of hydrogen-bond donors (Lipinski definition) is 0. The van der Waals surface area contributed by atoms with Crippen molar-refractivity contribution in [2.24, 2.45) is 0 Å². The van der Waals surface area contributed by atoms with Gasteiger partial charge in [-0.25, -0.2) is 0 Å². The lowest BCUT2D eigenvalue weighted by Crippen LogP contribution is -2.37. The number of quaternary nitrogens is 1. The van der Waals surface area contributed by atoms with E-state index >= 15 is 0 Å². The summed E-state index contributed by atoms with van der Waals surface area (Å²) < 4.78 is 34.8. The van der Waals surface area contributed by atoms with Gasteiger partial charge in [0.1, 0.15) is 19.3 Å². The predicted molar refractivity (Wildman–Crippen MR) is 268 cm³/mol. The van der Waals surface area contributed by atoms with E-state index in [-0.39, 0.29) is 25.8 Å². The Bertz CT molecular complexity index is 1100. The number of likely N-dealkylation sites (N-methyl/N-ethyl adjacent to an activating group) is 1. The second kappa shape index (κ2) is 47.2. The Balaban J connectivity index is 4.12. The van der Waals surface area contributed by atoms with Gasteiger partial charge in [0.15, 0.2) is 0 Å². The summed E-state index contributed by atoms with van der Waals surface area (Å²) in [5, 5.41) is 0. The molecule has 63 heavy (non-hydrogen) atoms. The summed E-state index contributed by atoms with van der Waals surface area (Å²) >= 11 is 0. The molecule has 2 unspecified atom stereocenters. The van der Waals surface area contributed by atoms with Gasteiger partial charge in [0.05, 0.1) is 34.4 Å². The largest absolute Gasteiger partial charge is 0.756 e. The highest BCUT2D eigenvalue weighted by Gasteiger charge is 2.20. The number of unbranched alkanes of at least 4 members (excludes halogenated alkanes) is 30. The smallest absolute Gasteiger partial charge is 0.306 e. The lowest BCUT2D eigenvalue weighted by atomic mass is 10.1. The van der Waals surface area contributed by atoms with Crippen LogP contribution in [0.4, 0.5) is 0 Å². The highest BCUT2D eigenvalue weighted by molar-refractivity contribution is 7.45. The van der Waals surface area contributed by atoms with Gasteiger partial charge >= 0.3 is 5.97 Å². The zero-order valence-electron chi connectivity index (χ0n) is 42.3. The van der Waals surface area contributed by atoms with Gasteiger partial charge in [0.2, 0.25) is 0 Å². The molecule has 8 nitrogen and oxygen atoms in total. The quantitative estimate of drug-likeness (QED) is 0.0197. The van der Waals surface area contributed by atoms with Gasteiger partial charge in [-0.3, -0.25) is 9.36 Å². The fourth-order valence-electron chi connectivity index (χ4n) is 7.51. The van der Waals surface area contributed by atoms with E-state index in [1.807, 2.05) is 21.1 Å². The molecule has 372 valence electrons. The summed E-state index contributed by atoms with van der Waals surface area (Å²) in [6, 6.07) is 0. The number of rotatable bonds is 50. The molecule has 0 saturated carbocycles. The topological polar surface area (TPSA) is 94.1 Å². The van der Waals surface area contributed by atoms with Crippen LogP contribution in [0, 0.1) is 0 Å². The summed E-state index contributed by atoms with van der Waals surface area (Å²) in [6.07, 6.45) is 57.4. The number of hydrogen-bond acceptors (Lipinski definition) is 7. The SMILES string of the molecule is CCCCCCC/C=C\C/C=C\CCCCCCCCCCCC(=O)OC(COCCCCCCCCCCCC/C=C\CCCCCCCC)COP(=O)([O-])OCC[N+](C)(C)C. The Hall–Kier alpha value is -1.28. The third-order valence-corrected chi connectivity index (χ3v) is 12.6. The normalized spacial score (nSPS) is 13.8. The van der Waals surface area contributed by atoms with Crippen LogP contribution in [0.2, 0.25) is 0 Å². The fraction of sp³-hybridized carbons (Fsp3) is 0.870. The predicted octanol–water partition coefficient (Wildman–Crippen LogP) is 15.9. The maximum atomic E-state index is 12.8. The van der Waals surface area contributed by atoms with Crippen LogP contribution in [0.15, 0.2) is 36.5 Å². The third-order valence-electron chi connectivity index (χ3n) is 11.7. The van der Waals surface area contributed by atoms with Crippen LogP contribution in [0.5, 0.6) is 0 Å². The Morgan fingerprint density at radius 3 is 1.30 bits per heavy atom. The van der Waals surface area contributed by atoms with Gasteiger partial charge in [-0.2, -0.15) is 0 Å². The number of phosphoric acid groups is 1. The highest BCUT2D eigenvalue weighted by Crippen LogP contribution is 2.38. The zero-order chi connectivity index (χ0) is 46.2.